The van der Waals surface area contributed by atoms with Gasteiger partial charge in [0.05, 0.1) is 13.0 Å². The monoisotopic (exact) mass is 218 g/mol. The summed E-state index contributed by atoms with van der Waals surface area (Å²) in [6, 6.07) is 0. The SMILES string of the molecule is COC(=O)[C@@H](C)CC(Cl)(Cl)Cl. The van der Waals surface area contributed by atoms with Crippen molar-refractivity contribution in [3.05, 3.63) is 0 Å². The molecule has 2 nitrogen and oxygen atoms in total. The summed E-state index contributed by atoms with van der Waals surface area (Å²) in [5.74, 6) is -0.746. The second-order valence-corrected chi connectivity index (χ2v) is 4.76. The van der Waals surface area contributed by atoms with Gasteiger partial charge in [-0.15, -0.1) is 0 Å². The van der Waals surface area contributed by atoms with Gasteiger partial charge >= 0.3 is 5.97 Å². The van der Waals surface area contributed by atoms with E-state index in [9.17, 15) is 4.79 Å². The third-order valence-corrected chi connectivity index (χ3v) is 1.60. The Bertz CT molecular complexity index is 141. The third kappa shape index (κ3) is 5.59. The van der Waals surface area contributed by atoms with Crippen LogP contribution in [0.4, 0.5) is 0 Å². The number of ether oxygens (including phenoxy) is 1. The summed E-state index contributed by atoms with van der Waals surface area (Å²) < 4.78 is 3.06. The smallest absolute Gasteiger partial charge is 0.308 e. The van der Waals surface area contributed by atoms with Crippen LogP contribution in [0, 0.1) is 5.92 Å². The number of halogens is 3. The van der Waals surface area contributed by atoms with Gasteiger partial charge in [-0.2, -0.15) is 0 Å². The molecule has 0 radical (unpaired) electrons. The first-order valence-electron chi connectivity index (χ1n) is 3.01. The van der Waals surface area contributed by atoms with Crippen LogP contribution in [-0.2, 0) is 9.53 Å². The van der Waals surface area contributed by atoms with Crippen molar-refractivity contribution in [2.75, 3.05) is 7.11 Å². The van der Waals surface area contributed by atoms with E-state index in [0.29, 0.717) is 0 Å². The Balaban J connectivity index is 3.87. The summed E-state index contributed by atoms with van der Waals surface area (Å²) in [6.07, 6.45) is 0.171. The van der Waals surface area contributed by atoms with Crippen LogP contribution in [0.2, 0.25) is 0 Å². The molecule has 0 spiro atoms. The summed E-state index contributed by atoms with van der Waals surface area (Å²) in [6.45, 7) is 1.65. The van der Waals surface area contributed by atoms with Gasteiger partial charge in [0.1, 0.15) is 0 Å². The molecule has 5 heteroatoms. The molecule has 0 amide bonds. The van der Waals surface area contributed by atoms with E-state index in [-0.39, 0.29) is 18.3 Å². The van der Waals surface area contributed by atoms with E-state index in [1.165, 1.54) is 7.11 Å². The minimum absolute atomic E-state index is 0.171. The molecule has 0 rings (SSSR count). The Kier molecular flexibility index (Phi) is 4.52. The quantitative estimate of drug-likeness (QED) is 0.527. The van der Waals surface area contributed by atoms with E-state index in [2.05, 4.69) is 4.74 Å². The van der Waals surface area contributed by atoms with E-state index in [1.807, 2.05) is 0 Å². The zero-order valence-electron chi connectivity index (χ0n) is 6.23. The van der Waals surface area contributed by atoms with Gasteiger partial charge in [0.2, 0.25) is 0 Å². The second-order valence-electron chi connectivity index (χ2n) is 2.24. The van der Waals surface area contributed by atoms with Crippen LogP contribution in [0.3, 0.4) is 0 Å². The molecule has 0 aliphatic heterocycles. The summed E-state index contributed by atoms with van der Waals surface area (Å²) in [4.78, 5) is 10.8. The molecule has 0 aliphatic carbocycles. The fourth-order valence-corrected chi connectivity index (χ4v) is 1.33. The maximum atomic E-state index is 10.8. The van der Waals surface area contributed by atoms with Gasteiger partial charge in [-0.1, -0.05) is 41.7 Å². The number of methoxy groups -OCH3 is 1. The lowest BCUT2D eigenvalue weighted by Crippen LogP contribution is -2.18. The average Bonchev–Trinajstić information content (AvgIpc) is 1.82. The summed E-state index contributed by atoms with van der Waals surface area (Å²) >= 11 is 16.4. The number of carbonyl (C=O) groups excluding carboxylic acids is 1. The largest absolute Gasteiger partial charge is 0.469 e. The lowest BCUT2D eigenvalue weighted by molar-refractivity contribution is -0.144. The maximum Gasteiger partial charge on any atom is 0.308 e. The molecule has 66 valence electrons. The molecule has 0 saturated carbocycles. The van der Waals surface area contributed by atoms with E-state index >= 15 is 0 Å². The molecule has 0 aliphatic rings. The van der Waals surface area contributed by atoms with Crippen LogP contribution in [0.1, 0.15) is 13.3 Å². The number of hydrogen-bond acceptors (Lipinski definition) is 2. The highest BCUT2D eigenvalue weighted by Crippen LogP contribution is 2.33. The number of carbonyl (C=O) groups is 1. The van der Waals surface area contributed by atoms with Gasteiger partial charge in [-0.25, -0.2) is 0 Å². The van der Waals surface area contributed by atoms with Crippen molar-refractivity contribution in [3.8, 4) is 0 Å². The molecule has 0 bridgehead atoms. The summed E-state index contributed by atoms with van der Waals surface area (Å²) in [5.41, 5.74) is 0. The molecule has 1 atom stereocenters. The topological polar surface area (TPSA) is 26.3 Å². The van der Waals surface area contributed by atoms with Crippen molar-refractivity contribution < 1.29 is 9.53 Å². The summed E-state index contributed by atoms with van der Waals surface area (Å²) in [5, 5.41) is 0. The van der Waals surface area contributed by atoms with Crippen LogP contribution in [-0.4, -0.2) is 16.9 Å². The molecule has 0 aromatic rings. The van der Waals surface area contributed by atoms with Crippen molar-refractivity contribution >= 4 is 40.8 Å². The van der Waals surface area contributed by atoms with E-state index in [0.717, 1.165) is 0 Å². The molecule has 0 aromatic carbocycles. The molecule has 0 aromatic heterocycles. The van der Waals surface area contributed by atoms with Crippen LogP contribution < -0.4 is 0 Å². The van der Waals surface area contributed by atoms with Crippen LogP contribution in [0.25, 0.3) is 0 Å². The first kappa shape index (κ1) is 11.3. The molecular formula is C6H9Cl3O2. The molecule has 11 heavy (non-hydrogen) atoms. The third-order valence-electron chi connectivity index (χ3n) is 1.14. The number of esters is 1. The van der Waals surface area contributed by atoms with Crippen molar-refractivity contribution in [3.63, 3.8) is 0 Å². The number of rotatable bonds is 2. The van der Waals surface area contributed by atoms with Crippen molar-refractivity contribution in [2.45, 2.75) is 17.1 Å². The summed E-state index contributed by atoms with van der Waals surface area (Å²) in [7, 11) is 1.30. The molecule has 0 N–H and O–H groups in total. The maximum absolute atomic E-state index is 10.8. The predicted molar refractivity (Wildman–Crippen MR) is 46.1 cm³/mol. The molecular weight excluding hydrogens is 210 g/mol. The average molecular weight is 219 g/mol. The van der Waals surface area contributed by atoms with Crippen molar-refractivity contribution in [1.29, 1.82) is 0 Å². The lowest BCUT2D eigenvalue weighted by atomic mass is 10.1. The fourth-order valence-electron chi connectivity index (χ4n) is 0.632. The Hall–Kier alpha value is 0.340. The van der Waals surface area contributed by atoms with E-state index in [4.69, 9.17) is 34.8 Å². The van der Waals surface area contributed by atoms with Crippen molar-refractivity contribution in [1.82, 2.24) is 0 Å². The second kappa shape index (κ2) is 4.39. The van der Waals surface area contributed by atoms with Gasteiger partial charge in [0, 0.05) is 6.42 Å². The Morgan fingerprint density at radius 1 is 1.55 bits per heavy atom. The highest BCUT2D eigenvalue weighted by Gasteiger charge is 2.27. The number of hydrogen-bond donors (Lipinski definition) is 0. The highest BCUT2D eigenvalue weighted by molar-refractivity contribution is 6.67. The van der Waals surface area contributed by atoms with Gasteiger partial charge in [-0.05, 0) is 0 Å². The van der Waals surface area contributed by atoms with E-state index < -0.39 is 3.79 Å². The van der Waals surface area contributed by atoms with Crippen molar-refractivity contribution in [2.24, 2.45) is 5.92 Å². The molecule has 0 heterocycles. The van der Waals surface area contributed by atoms with Gasteiger partial charge in [0.15, 0.2) is 3.79 Å². The minimum Gasteiger partial charge on any atom is -0.469 e. The Morgan fingerprint density at radius 3 is 2.27 bits per heavy atom. The molecule has 0 unspecified atom stereocenters. The standard InChI is InChI=1S/C6H9Cl3O2/c1-4(5(10)11-2)3-6(7,8)9/h4H,3H2,1-2H3/t4-/m0/s1. The van der Waals surface area contributed by atoms with Gasteiger partial charge in [0.25, 0.3) is 0 Å². The number of alkyl halides is 3. The van der Waals surface area contributed by atoms with Crippen LogP contribution >= 0.6 is 34.8 Å². The first-order valence-corrected chi connectivity index (χ1v) is 4.15. The van der Waals surface area contributed by atoms with Gasteiger partial charge in [-0.3, -0.25) is 4.79 Å². The highest BCUT2D eigenvalue weighted by atomic mass is 35.6. The Morgan fingerprint density at radius 2 is 2.00 bits per heavy atom. The Labute approximate surface area is 80.7 Å². The first-order chi connectivity index (χ1) is 4.87. The minimum atomic E-state index is -1.38. The lowest BCUT2D eigenvalue weighted by Gasteiger charge is -2.14. The van der Waals surface area contributed by atoms with Crippen LogP contribution in [0.5, 0.6) is 0 Å². The molecule has 0 fully saturated rings. The van der Waals surface area contributed by atoms with Crippen LogP contribution in [0.15, 0.2) is 0 Å². The normalized spacial score (nSPS) is 14.3. The van der Waals surface area contributed by atoms with E-state index in [1.54, 1.807) is 6.92 Å². The predicted octanol–water partition coefficient (Wildman–Crippen LogP) is 2.56. The fraction of sp³-hybridized carbons (Fsp3) is 0.833. The zero-order chi connectivity index (χ0) is 9.07. The zero-order valence-corrected chi connectivity index (χ0v) is 8.50. The molecule has 0 saturated heterocycles. The van der Waals surface area contributed by atoms with Gasteiger partial charge < -0.3 is 4.74 Å².